The second-order valence-corrected chi connectivity index (χ2v) is 3.85. The van der Waals surface area contributed by atoms with Gasteiger partial charge in [-0.15, -0.1) is 0 Å². The molecule has 0 heterocycles. The molecular weight excluding hydrogens is 168 g/mol. The van der Waals surface area contributed by atoms with E-state index in [2.05, 4.69) is 0 Å². The summed E-state index contributed by atoms with van der Waals surface area (Å²) in [5.41, 5.74) is 0. The molecule has 0 aromatic carbocycles. The van der Waals surface area contributed by atoms with Crippen molar-refractivity contribution in [3.8, 4) is 0 Å². The zero-order valence-corrected chi connectivity index (χ0v) is 8.12. The van der Waals surface area contributed by atoms with E-state index in [1.807, 2.05) is 6.92 Å². The molecule has 1 saturated carbocycles. The third-order valence-corrected chi connectivity index (χ3v) is 3.02. The van der Waals surface area contributed by atoms with Crippen molar-refractivity contribution in [2.45, 2.75) is 33.1 Å². The molecule has 0 aliphatic heterocycles. The Bertz CT molecular complexity index is 222. The van der Waals surface area contributed by atoms with Crippen molar-refractivity contribution >= 4 is 11.8 Å². The minimum atomic E-state index is -0.809. The maximum Gasteiger partial charge on any atom is 0.307 e. The van der Waals surface area contributed by atoms with Crippen molar-refractivity contribution in [2.75, 3.05) is 0 Å². The number of carboxylic acids is 1. The lowest BCUT2D eigenvalue weighted by Crippen LogP contribution is -2.28. The van der Waals surface area contributed by atoms with Crippen LogP contribution >= 0.6 is 0 Å². The van der Waals surface area contributed by atoms with E-state index in [9.17, 15) is 9.59 Å². The molecule has 1 aliphatic rings. The number of hydrogen-bond acceptors (Lipinski definition) is 2. The molecule has 13 heavy (non-hydrogen) atoms. The summed E-state index contributed by atoms with van der Waals surface area (Å²) in [5.74, 6) is -1.12. The molecule has 1 rings (SSSR count). The first-order valence-electron chi connectivity index (χ1n) is 4.83. The maximum atomic E-state index is 11.5. The van der Waals surface area contributed by atoms with Gasteiger partial charge in [0.2, 0.25) is 0 Å². The Morgan fingerprint density at radius 3 is 2.46 bits per heavy atom. The molecule has 0 radical (unpaired) electrons. The third kappa shape index (κ3) is 1.90. The molecule has 3 heteroatoms. The number of aliphatic carboxylic acids is 1. The molecule has 1 N–H and O–H groups in total. The van der Waals surface area contributed by atoms with Crippen LogP contribution in [0, 0.1) is 17.8 Å². The molecule has 1 fully saturated rings. The highest BCUT2D eigenvalue weighted by Crippen LogP contribution is 2.38. The van der Waals surface area contributed by atoms with Crippen LogP contribution in [0.15, 0.2) is 0 Å². The van der Waals surface area contributed by atoms with Crippen LogP contribution in [0.25, 0.3) is 0 Å². The van der Waals surface area contributed by atoms with Gasteiger partial charge in [-0.25, -0.2) is 0 Å². The van der Waals surface area contributed by atoms with Crippen molar-refractivity contribution in [2.24, 2.45) is 17.8 Å². The van der Waals surface area contributed by atoms with E-state index < -0.39 is 11.9 Å². The normalized spacial score (nSPS) is 33.2. The fraction of sp³-hybridized carbons (Fsp3) is 0.800. The smallest absolute Gasteiger partial charge is 0.307 e. The number of hydrogen-bond donors (Lipinski definition) is 1. The predicted octanol–water partition coefficient (Wildman–Crippen LogP) is 1.71. The predicted molar refractivity (Wildman–Crippen MR) is 48.3 cm³/mol. The Hall–Kier alpha value is -0.860. The highest BCUT2D eigenvalue weighted by atomic mass is 16.4. The Kier molecular flexibility index (Phi) is 3.07. The average Bonchev–Trinajstić information content (AvgIpc) is 2.46. The fourth-order valence-electron chi connectivity index (χ4n) is 2.25. The van der Waals surface area contributed by atoms with E-state index in [-0.39, 0.29) is 17.6 Å². The number of ketones is 1. The summed E-state index contributed by atoms with van der Waals surface area (Å²) >= 11 is 0. The summed E-state index contributed by atoms with van der Waals surface area (Å²) in [6, 6.07) is 0. The summed E-state index contributed by atoms with van der Waals surface area (Å²) in [6.07, 6.45) is 1.99. The quantitative estimate of drug-likeness (QED) is 0.726. The van der Waals surface area contributed by atoms with Crippen molar-refractivity contribution in [3.05, 3.63) is 0 Å². The van der Waals surface area contributed by atoms with Gasteiger partial charge >= 0.3 is 5.97 Å². The van der Waals surface area contributed by atoms with Crippen LogP contribution in [0.1, 0.15) is 33.1 Å². The number of carbonyl (C=O) groups is 2. The third-order valence-electron chi connectivity index (χ3n) is 3.02. The molecule has 1 aliphatic carbocycles. The van der Waals surface area contributed by atoms with Crippen LogP contribution in [0.2, 0.25) is 0 Å². The Morgan fingerprint density at radius 1 is 1.38 bits per heavy atom. The lowest BCUT2D eigenvalue weighted by Gasteiger charge is -2.17. The van der Waals surface area contributed by atoms with Gasteiger partial charge in [0.15, 0.2) is 0 Å². The Morgan fingerprint density at radius 2 is 2.00 bits per heavy atom. The minimum absolute atomic E-state index is 0.109. The minimum Gasteiger partial charge on any atom is -0.481 e. The lowest BCUT2D eigenvalue weighted by atomic mass is 9.85. The van der Waals surface area contributed by atoms with E-state index in [4.69, 9.17) is 5.11 Å². The van der Waals surface area contributed by atoms with Gasteiger partial charge in [0.05, 0.1) is 5.92 Å². The highest BCUT2D eigenvalue weighted by Gasteiger charge is 2.41. The topological polar surface area (TPSA) is 54.4 Å². The van der Waals surface area contributed by atoms with Gasteiger partial charge in [-0.05, 0) is 18.8 Å². The monoisotopic (exact) mass is 184 g/mol. The van der Waals surface area contributed by atoms with Crippen molar-refractivity contribution < 1.29 is 14.7 Å². The first-order chi connectivity index (χ1) is 6.07. The largest absolute Gasteiger partial charge is 0.481 e. The maximum absolute atomic E-state index is 11.5. The fourth-order valence-corrected chi connectivity index (χ4v) is 2.25. The van der Waals surface area contributed by atoms with Crippen LogP contribution in [0.5, 0.6) is 0 Å². The summed E-state index contributed by atoms with van der Waals surface area (Å²) in [6.45, 7) is 3.77. The summed E-state index contributed by atoms with van der Waals surface area (Å²) < 4.78 is 0. The van der Waals surface area contributed by atoms with Crippen LogP contribution in [0.4, 0.5) is 0 Å². The van der Waals surface area contributed by atoms with Crippen LogP contribution in [0.3, 0.4) is 0 Å². The van der Waals surface area contributed by atoms with E-state index in [1.165, 1.54) is 0 Å². The van der Waals surface area contributed by atoms with Crippen molar-refractivity contribution in [1.82, 2.24) is 0 Å². The molecular formula is C10H16O3. The van der Waals surface area contributed by atoms with Crippen molar-refractivity contribution in [3.63, 3.8) is 0 Å². The average molecular weight is 184 g/mol. The SMILES string of the molecule is CCC(=O)C1C(C)CC[C@H]1C(=O)O. The molecule has 74 valence electrons. The summed E-state index contributed by atoms with van der Waals surface area (Å²) in [5, 5.41) is 8.89. The van der Waals surface area contributed by atoms with Gasteiger partial charge < -0.3 is 5.11 Å². The second kappa shape index (κ2) is 3.90. The van der Waals surface area contributed by atoms with Crippen LogP contribution < -0.4 is 0 Å². The Balaban J connectivity index is 2.76. The molecule has 2 unspecified atom stereocenters. The van der Waals surface area contributed by atoms with Gasteiger partial charge in [-0.2, -0.15) is 0 Å². The number of carbonyl (C=O) groups excluding carboxylic acids is 1. The van der Waals surface area contributed by atoms with Gasteiger partial charge in [-0.3, -0.25) is 9.59 Å². The second-order valence-electron chi connectivity index (χ2n) is 3.85. The highest BCUT2D eigenvalue weighted by molar-refractivity contribution is 5.86. The molecule has 0 saturated heterocycles. The van der Waals surface area contributed by atoms with Crippen LogP contribution in [-0.2, 0) is 9.59 Å². The molecule has 0 aromatic rings. The van der Waals surface area contributed by atoms with E-state index in [0.717, 1.165) is 6.42 Å². The molecule has 0 amide bonds. The number of Topliss-reactive ketones (excluding diaryl/α,β-unsaturated/α-hetero) is 1. The zero-order valence-electron chi connectivity index (χ0n) is 8.12. The first-order valence-corrected chi connectivity index (χ1v) is 4.83. The van der Waals surface area contributed by atoms with E-state index in [1.54, 1.807) is 6.92 Å². The molecule has 0 bridgehead atoms. The van der Waals surface area contributed by atoms with Gasteiger partial charge in [-0.1, -0.05) is 13.8 Å². The summed E-state index contributed by atoms with van der Waals surface area (Å²) in [7, 11) is 0. The summed E-state index contributed by atoms with van der Waals surface area (Å²) in [4.78, 5) is 22.3. The lowest BCUT2D eigenvalue weighted by molar-refractivity contribution is -0.146. The number of rotatable bonds is 3. The standard InChI is InChI=1S/C10H16O3/c1-3-8(11)9-6(2)4-5-7(9)10(12)13/h6-7,9H,3-5H2,1-2H3,(H,12,13)/t6?,7-,9?/m1/s1. The molecule has 3 atom stereocenters. The van der Waals surface area contributed by atoms with Gasteiger partial charge in [0.1, 0.15) is 5.78 Å². The Labute approximate surface area is 78.1 Å². The number of carboxylic acid groups (broad SMARTS) is 1. The van der Waals surface area contributed by atoms with Gasteiger partial charge in [0, 0.05) is 12.3 Å². The molecule has 3 nitrogen and oxygen atoms in total. The van der Waals surface area contributed by atoms with Gasteiger partial charge in [0.25, 0.3) is 0 Å². The van der Waals surface area contributed by atoms with Crippen molar-refractivity contribution in [1.29, 1.82) is 0 Å². The first kappa shape index (κ1) is 10.2. The molecule has 0 spiro atoms. The van der Waals surface area contributed by atoms with E-state index >= 15 is 0 Å². The zero-order chi connectivity index (χ0) is 10.0. The van der Waals surface area contributed by atoms with E-state index in [0.29, 0.717) is 12.8 Å². The van der Waals surface area contributed by atoms with Crippen LogP contribution in [-0.4, -0.2) is 16.9 Å². The molecule has 0 aromatic heterocycles.